The minimum Gasteiger partial charge on any atom is -0.481 e. The first-order valence-corrected chi connectivity index (χ1v) is 8.34. The third kappa shape index (κ3) is 9.99. The van der Waals surface area contributed by atoms with Crippen LogP contribution in [0.25, 0.3) is 0 Å². The Morgan fingerprint density at radius 3 is 2.04 bits per heavy atom. The zero-order chi connectivity index (χ0) is 21.1. The molecule has 3 atom stereocenters. The summed E-state index contributed by atoms with van der Waals surface area (Å²) in [5.41, 5.74) is 10.9. The van der Waals surface area contributed by atoms with Crippen molar-refractivity contribution in [2.75, 3.05) is 6.54 Å². The van der Waals surface area contributed by atoms with Crippen molar-refractivity contribution in [2.24, 2.45) is 17.4 Å². The van der Waals surface area contributed by atoms with E-state index in [2.05, 4.69) is 16.0 Å². The van der Waals surface area contributed by atoms with E-state index in [-0.39, 0.29) is 24.8 Å². The molecule has 0 heterocycles. The number of rotatable bonds is 12. The summed E-state index contributed by atoms with van der Waals surface area (Å²) in [4.78, 5) is 46.4. The van der Waals surface area contributed by atoms with Crippen molar-refractivity contribution in [1.82, 2.24) is 16.0 Å². The van der Waals surface area contributed by atoms with Crippen LogP contribution in [0.5, 0.6) is 0 Å². The van der Waals surface area contributed by atoms with Gasteiger partial charge in [-0.25, -0.2) is 4.79 Å². The average molecular weight is 388 g/mol. The van der Waals surface area contributed by atoms with Crippen LogP contribution in [0.15, 0.2) is 0 Å². The zero-order valence-electron chi connectivity index (χ0n) is 15.3. The van der Waals surface area contributed by atoms with Crippen LogP contribution < -0.4 is 27.4 Å². The van der Waals surface area contributed by atoms with Crippen LogP contribution in [0.4, 0.5) is 0 Å². The highest BCUT2D eigenvalue weighted by Crippen LogP contribution is 2.04. The van der Waals surface area contributed by atoms with Crippen molar-refractivity contribution in [2.45, 2.75) is 51.2 Å². The van der Waals surface area contributed by atoms with Crippen LogP contribution in [-0.2, 0) is 19.2 Å². The second-order valence-corrected chi connectivity index (χ2v) is 6.31. The van der Waals surface area contributed by atoms with Crippen LogP contribution in [0, 0.1) is 11.3 Å². The number of nitrogens with two attached hydrogens (primary N) is 2. The molecular weight excluding hydrogens is 360 g/mol. The van der Waals surface area contributed by atoms with Gasteiger partial charge in [-0.15, -0.1) is 0 Å². The predicted octanol–water partition coefficient (Wildman–Crippen LogP) is -2.24. The Labute approximate surface area is 156 Å². The van der Waals surface area contributed by atoms with Crippen LogP contribution in [0.3, 0.4) is 0 Å². The first-order chi connectivity index (χ1) is 12.5. The first kappa shape index (κ1) is 24.1. The van der Waals surface area contributed by atoms with E-state index in [1.165, 1.54) is 0 Å². The van der Waals surface area contributed by atoms with Crippen LogP contribution >= 0.6 is 0 Å². The normalized spacial score (nSPS) is 13.9. The minimum atomic E-state index is -1.64. The van der Waals surface area contributed by atoms with Crippen LogP contribution in [0.1, 0.15) is 33.1 Å². The third-order valence-corrected chi connectivity index (χ3v) is 3.63. The fraction of sp³-hybridized carbons (Fsp3) is 0.667. The molecule has 0 aliphatic heterocycles. The summed E-state index contributed by atoms with van der Waals surface area (Å²) in [6, 6.07) is -3.62. The predicted molar refractivity (Wildman–Crippen MR) is 95.7 cm³/mol. The van der Waals surface area contributed by atoms with Gasteiger partial charge in [0.1, 0.15) is 12.1 Å². The molecule has 0 spiro atoms. The fourth-order valence-electron chi connectivity index (χ4n) is 2.02. The van der Waals surface area contributed by atoms with Gasteiger partial charge in [0.25, 0.3) is 0 Å². The van der Waals surface area contributed by atoms with Gasteiger partial charge in [-0.2, -0.15) is 0 Å². The Morgan fingerprint density at radius 1 is 1.04 bits per heavy atom. The molecule has 12 nitrogen and oxygen atoms in total. The summed E-state index contributed by atoms with van der Waals surface area (Å²) in [6.07, 6.45) is -0.382. The second-order valence-electron chi connectivity index (χ2n) is 6.31. The largest absolute Gasteiger partial charge is 0.481 e. The van der Waals surface area contributed by atoms with Crippen molar-refractivity contribution < 1.29 is 29.4 Å². The van der Waals surface area contributed by atoms with Crippen LogP contribution in [-0.4, -0.2) is 64.6 Å². The Hall–Kier alpha value is -2.89. The van der Waals surface area contributed by atoms with Gasteiger partial charge < -0.3 is 37.6 Å². The van der Waals surface area contributed by atoms with Crippen LogP contribution in [0.2, 0.25) is 0 Å². The van der Waals surface area contributed by atoms with E-state index >= 15 is 0 Å². The lowest BCUT2D eigenvalue weighted by atomic mass is 10.0. The molecule has 27 heavy (non-hydrogen) atoms. The van der Waals surface area contributed by atoms with E-state index in [0.29, 0.717) is 6.42 Å². The number of carboxylic acids is 2. The number of hydrogen-bond donors (Lipinski definition) is 8. The number of hydrogen-bond acceptors (Lipinski definition) is 6. The van der Waals surface area contributed by atoms with E-state index in [1.807, 2.05) is 0 Å². The molecule has 0 rings (SSSR count). The maximum atomic E-state index is 12.4. The topological polar surface area (TPSA) is 221 Å². The van der Waals surface area contributed by atoms with E-state index < -0.39 is 48.3 Å². The Morgan fingerprint density at radius 2 is 1.59 bits per heavy atom. The number of guanidine groups is 1. The summed E-state index contributed by atoms with van der Waals surface area (Å²) in [7, 11) is 0. The highest BCUT2D eigenvalue weighted by atomic mass is 16.4. The molecule has 0 aromatic rings. The van der Waals surface area contributed by atoms with E-state index in [0.717, 1.165) is 0 Å². The van der Waals surface area contributed by atoms with Crippen molar-refractivity contribution >= 4 is 29.7 Å². The van der Waals surface area contributed by atoms with Gasteiger partial charge in [0.2, 0.25) is 11.8 Å². The summed E-state index contributed by atoms with van der Waals surface area (Å²) < 4.78 is 0. The summed E-state index contributed by atoms with van der Waals surface area (Å²) in [5.74, 6) is -4.77. The highest BCUT2D eigenvalue weighted by Gasteiger charge is 2.29. The number of aliphatic carboxylic acids is 2. The molecule has 0 saturated heterocycles. The lowest BCUT2D eigenvalue weighted by Crippen LogP contribution is -2.55. The minimum absolute atomic E-state index is 0.0993. The molecule has 0 aromatic heterocycles. The summed E-state index contributed by atoms with van der Waals surface area (Å²) in [5, 5.41) is 32.0. The Balaban J connectivity index is 5.09. The average Bonchev–Trinajstić information content (AvgIpc) is 2.54. The SMILES string of the molecule is CC(C)[C@H](N)C(=O)N[C@@H](CCCNC(=N)N)C(=O)N[C@@H](CC(=O)O)C(=O)O. The van der Waals surface area contributed by atoms with Gasteiger partial charge >= 0.3 is 11.9 Å². The van der Waals surface area contributed by atoms with Gasteiger partial charge in [0.15, 0.2) is 5.96 Å². The molecule has 0 aliphatic rings. The molecule has 154 valence electrons. The number of nitrogens with one attached hydrogen (secondary N) is 4. The molecule has 0 aromatic carbocycles. The molecular formula is C15H28N6O6. The number of carboxylic acid groups (broad SMARTS) is 2. The third-order valence-electron chi connectivity index (χ3n) is 3.63. The maximum Gasteiger partial charge on any atom is 0.326 e. The molecule has 0 bridgehead atoms. The van der Waals surface area contributed by atoms with Crippen molar-refractivity contribution in [1.29, 1.82) is 5.41 Å². The number of carbonyl (C=O) groups is 4. The molecule has 0 aliphatic carbocycles. The molecule has 0 fully saturated rings. The Kier molecular flexibility index (Phi) is 10.4. The van der Waals surface area contributed by atoms with E-state index in [1.54, 1.807) is 13.8 Å². The van der Waals surface area contributed by atoms with E-state index in [4.69, 9.17) is 27.1 Å². The summed E-state index contributed by atoms with van der Waals surface area (Å²) >= 11 is 0. The van der Waals surface area contributed by atoms with Gasteiger partial charge in [-0.1, -0.05) is 13.8 Å². The van der Waals surface area contributed by atoms with Crippen molar-refractivity contribution in [3.05, 3.63) is 0 Å². The molecule has 12 heteroatoms. The standard InChI is InChI=1S/C15H28N6O6/c1-7(2)11(16)13(25)20-8(4-3-5-19-15(17)18)12(24)21-9(14(26)27)6-10(22)23/h7-9,11H,3-6,16H2,1-2H3,(H,20,25)(H,21,24)(H,22,23)(H,26,27)(H4,17,18,19)/t8-,9-,11-/m0/s1. The summed E-state index contributed by atoms with van der Waals surface area (Å²) in [6.45, 7) is 3.70. The van der Waals surface area contributed by atoms with E-state index in [9.17, 15) is 19.2 Å². The highest BCUT2D eigenvalue weighted by molar-refractivity contribution is 5.92. The molecule has 0 saturated carbocycles. The molecule has 0 unspecified atom stereocenters. The molecule has 2 amide bonds. The van der Waals surface area contributed by atoms with Gasteiger partial charge in [-0.05, 0) is 18.8 Å². The second kappa shape index (κ2) is 11.7. The number of amides is 2. The number of carbonyl (C=O) groups excluding carboxylic acids is 2. The lowest BCUT2D eigenvalue weighted by molar-refractivity contribution is -0.147. The van der Waals surface area contributed by atoms with Crippen molar-refractivity contribution in [3.8, 4) is 0 Å². The van der Waals surface area contributed by atoms with Gasteiger partial charge in [0, 0.05) is 6.54 Å². The van der Waals surface area contributed by atoms with Gasteiger partial charge in [-0.3, -0.25) is 19.8 Å². The molecule has 0 radical (unpaired) electrons. The maximum absolute atomic E-state index is 12.4. The lowest BCUT2D eigenvalue weighted by Gasteiger charge is -2.23. The van der Waals surface area contributed by atoms with Gasteiger partial charge in [0.05, 0.1) is 12.5 Å². The monoisotopic (exact) mass is 388 g/mol. The Bertz CT molecular complexity index is 567. The fourth-order valence-corrected chi connectivity index (χ4v) is 2.02. The molecule has 10 N–H and O–H groups in total. The smallest absolute Gasteiger partial charge is 0.326 e. The quantitative estimate of drug-likeness (QED) is 0.103. The zero-order valence-corrected chi connectivity index (χ0v) is 15.3. The van der Waals surface area contributed by atoms with Crippen molar-refractivity contribution in [3.63, 3.8) is 0 Å². The first-order valence-electron chi connectivity index (χ1n) is 8.34.